The molecule has 4 heteroatoms. The van der Waals surface area contributed by atoms with Crippen LogP contribution in [0.4, 0.5) is 4.39 Å². The van der Waals surface area contributed by atoms with Gasteiger partial charge in [0, 0.05) is 10.0 Å². The molecule has 2 rings (SSSR count). The summed E-state index contributed by atoms with van der Waals surface area (Å²) in [5.74, 6) is -0.357. The topological polar surface area (TPSA) is 26.3 Å². The molecular formula is C14H10BrFO2. The lowest BCUT2D eigenvalue weighted by atomic mass is 10.0. The third kappa shape index (κ3) is 2.43. The fourth-order valence-electron chi connectivity index (χ4n) is 1.62. The molecule has 2 aromatic carbocycles. The van der Waals surface area contributed by atoms with Gasteiger partial charge < -0.3 is 4.74 Å². The first-order valence-electron chi connectivity index (χ1n) is 5.26. The second kappa shape index (κ2) is 5.31. The molecule has 0 unspecified atom stereocenters. The zero-order chi connectivity index (χ0) is 13.1. The monoisotopic (exact) mass is 308 g/mol. The molecule has 0 radical (unpaired) electrons. The molecule has 0 aliphatic carbocycles. The largest absolute Gasteiger partial charge is 0.497 e. The molecule has 92 valence electrons. The molecule has 0 atom stereocenters. The summed E-state index contributed by atoms with van der Waals surface area (Å²) in [7, 11) is 1.52. The Morgan fingerprint density at radius 1 is 1.22 bits per heavy atom. The van der Waals surface area contributed by atoms with E-state index < -0.39 is 5.82 Å². The SMILES string of the molecule is COc1cccc(C(=O)c2c(F)cccc2Br)c1. The second-order valence-electron chi connectivity index (χ2n) is 3.66. The van der Waals surface area contributed by atoms with Crippen LogP contribution in [0.5, 0.6) is 5.75 Å². The van der Waals surface area contributed by atoms with Crippen molar-refractivity contribution < 1.29 is 13.9 Å². The van der Waals surface area contributed by atoms with Crippen LogP contribution >= 0.6 is 15.9 Å². The van der Waals surface area contributed by atoms with Crippen LogP contribution in [0, 0.1) is 5.82 Å². The number of ketones is 1. The zero-order valence-corrected chi connectivity index (χ0v) is 11.2. The van der Waals surface area contributed by atoms with Crippen molar-refractivity contribution in [3.8, 4) is 5.75 Å². The maximum absolute atomic E-state index is 13.7. The number of benzene rings is 2. The Hall–Kier alpha value is -1.68. The Kier molecular flexibility index (Phi) is 3.77. The number of hydrogen-bond acceptors (Lipinski definition) is 2. The van der Waals surface area contributed by atoms with Crippen LogP contribution in [0.25, 0.3) is 0 Å². The summed E-state index contributed by atoms with van der Waals surface area (Å²) in [5, 5.41) is 0. The van der Waals surface area contributed by atoms with Gasteiger partial charge in [0.05, 0.1) is 12.7 Å². The Morgan fingerprint density at radius 2 is 1.94 bits per heavy atom. The Morgan fingerprint density at radius 3 is 2.61 bits per heavy atom. The van der Waals surface area contributed by atoms with E-state index in [1.807, 2.05) is 0 Å². The average molecular weight is 309 g/mol. The lowest BCUT2D eigenvalue weighted by Crippen LogP contribution is -2.05. The van der Waals surface area contributed by atoms with Gasteiger partial charge in [0.15, 0.2) is 5.78 Å². The number of carbonyl (C=O) groups excluding carboxylic acids is 1. The van der Waals surface area contributed by atoms with Gasteiger partial charge in [0.2, 0.25) is 0 Å². The van der Waals surface area contributed by atoms with Crippen LogP contribution < -0.4 is 4.74 Å². The molecule has 0 saturated heterocycles. The second-order valence-corrected chi connectivity index (χ2v) is 4.51. The number of carbonyl (C=O) groups is 1. The summed E-state index contributed by atoms with van der Waals surface area (Å²) >= 11 is 3.19. The summed E-state index contributed by atoms with van der Waals surface area (Å²) in [4.78, 5) is 12.2. The predicted octanol–water partition coefficient (Wildman–Crippen LogP) is 3.83. The van der Waals surface area contributed by atoms with Crippen LogP contribution in [0.3, 0.4) is 0 Å². The Labute approximate surface area is 113 Å². The summed E-state index contributed by atoms with van der Waals surface area (Å²) in [5.41, 5.74) is 0.422. The highest BCUT2D eigenvalue weighted by molar-refractivity contribution is 9.10. The first kappa shape index (κ1) is 12.8. The van der Waals surface area contributed by atoms with E-state index in [0.29, 0.717) is 15.8 Å². The first-order chi connectivity index (χ1) is 8.63. The molecular weight excluding hydrogens is 299 g/mol. The smallest absolute Gasteiger partial charge is 0.197 e. The molecule has 0 aliphatic rings. The molecule has 0 heterocycles. The van der Waals surface area contributed by atoms with E-state index in [2.05, 4.69) is 15.9 Å². The number of ether oxygens (including phenoxy) is 1. The highest BCUT2D eigenvalue weighted by Crippen LogP contribution is 2.24. The van der Waals surface area contributed by atoms with Gasteiger partial charge in [0.1, 0.15) is 11.6 Å². The molecule has 0 spiro atoms. The van der Waals surface area contributed by atoms with Crippen molar-refractivity contribution in [3.05, 3.63) is 63.9 Å². The quantitative estimate of drug-likeness (QED) is 0.806. The van der Waals surface area contributed by atoms with Crippen molar-refractivity contribution in [1.29, 1.82) is 0 Å². The van der Waals surface area contributed by atoms with E-state index in [1.165, 1.54) is 13.2 Å². The van der Waals surface area contributed by atoms with Crippen LogP contribution in [-0.2, 0) is 0 Å². The average Bonchev–Trinajstić information content (AvgIpc) is 2.38. The van der Waals surface area contributed by atoms with Gasteiger partial charge in [-0.3, -0.25) is 4.79 Å². The summed E-state index contributed by atoms with van der Waals surface area (Å²) in [6.45, 7) is 0. The normalized spacial score (nSPS) is 10.2. The highest BCUT2D eigenvalue weighted by Gasteiger charge is 2.17. The summed E-state index contributed by atoms with van der Waals surface area (Å²) < 4.78 is 19.2. The van der Waals surface area contributed by atoms with E-state index in [1.54, 1.807) is 36.4 Å². The van der Waals surface area contributed by atoms with Crippen LogP contribution in [-0.4, -0.2) is 12.9 Å². The number of rotatable bonds is 3. The minimum Gasteiger partial charge on any atom is -0.497 e. The molecule has 2 aromatic rings. The van der Waals surface area contributed by atoms with E-state index >= 15 is 0 Å². The predicted molar refractivity (Wildman–Crippen MR) is 70.5 cm³/mol. The van der Waals surface area contributed by atoms with Crippen LogP contribution in [0.15, 0.2) is 46.9 Å². The van der Waals surface area contributed by atoms with Gasteiger partial charge in [-0.1, -0.05) is 18.2 Å². The summed E-state index contributed by atoms with van der Waals surface area (Å²) in [6, 6.07) is 11.1. The van der Waals surface area contributed by atoms with E-state index in [0.717, 1.165) is 0 Å². The van der Waals surface area contributed by atoms with Gasteiger partial charge >= 0.3 is 0 Å². The van der Waals surface area contributed by atoms with E-state index in [9.17, 15) is 9.18 Å². The minimum atomic E-state index is -0.544. The Bertz CT molecular complexity index is 576. The van der Waals surface area contributed by atoms with Crippen molar-refractivity contribution in [2.24, 2.45) is 0 Å². The molecule has 0 aromatic heterocycles. The maximum Gasteiger partial charge on any atom is 0.197 e. The van der Waals surface area contributed by atoms with Gasteiger partial charge in [0.25, 0.3) is 0 Å². The van der Waals surface area contributed by atoms with E-state index in [4.69, 9.17) is 4.74 Å². The minimum absolute atomic E-state index is 0.0331. The third-order valence-corrected chi connectivity index (χ3v) is 3.18. The Balaban J connectivity index is 2.48. The van der Waals surface area contributed by atoms with Crippen molar-refractivity contribution in [2.75, 3.05) is 7.11 Å². The third-order valence-electron chi connectivity index (χ3n) is 2.52. The van der Waals surface area contributed by atoms with Crippen molar-refractivity contribution >= 4 is 21.7 Å². The lowest BCUT2D eigenvalue weighted by Gasteiger charge is -2.06. The molecule has 0 bridgehead atoms. The van der Waals surface area contributed by atoms with Crippen molar-refractivity contribution in [2.45, 2.75) is 0 Å². The van der Waals surface area contributed by atoms with Crippen LogP contribution in [0.2, 0.25) is 0 Å². The van der Waals surface area contributed by atoms with Crippen molar-refractivity contribution in [1.82, 2.24) is 0 Å². The molecule has 0 saturated carbocycles. The highest BCUT2D eigenvalue weighted by atomic mass is 79.9. The molecule has 0 N–H and O–H groups in total. The van der Waals surface area contributed by atoms with E-state index in [-0.39, 0.29) is 11.3 Å². The van der Waals surface area contributed by atoms with Gasteiger partial charge in [-0.05, 0) is 40.2 Å². The van der Waals surface area contributed by atoms with Crippen molar-refractivity contribution in [3.63, 3.8) is 0 Å². The number of halogens is 2. The number of methoxy groups -OCH3 is 1. The van der Waals surface area contributed by atoms with Crippen LogP contribution in [0.1, 0.15) is 15.9 Å². The zero-order valence-electron chi connectivity index (χ0n) is 9.61. The fourth-order valence-corrected chi connectivity index (χ4v) is 2.15. The number of hydrogen-bond donors (Lipinski definition) is 0. The van der Waals surface area contributed by atoms with Gasteiger partial charge in [-0.25, -0.2) is 4.39 Å². The summed E-state index contributed by atoms with van der Waals surface area (Å²) in [6.07, 6.45) is 0. The standard InChI is InChI=1S/C14H10BrFO2/c1-18-10-5-2-4-9(8-10)14(17)13-11(15)6-3-7-12(13)16/h2-8H,1H3. The molecule has 2 nitrogen and oxygen atoms in total. The molecule has 0 aliphatic heterocycles. The molecule has 0 amide bonds. The lowest BCUT2D eigenvalue weighted by molar-refractivity contribution is 0.103. The fraction of sp³-hybridized carbons (Fsp3) is 0.0714. The first-order valence-corrected chi connectivity index (χ1v) is 6.05. The maximum atomic E-state index is 13.7. The molecule has 0 fully saturated rings. The van der Waals surface area contributed by atoms with Gasteiger partial charge in [-0.2, -0.15) is 0 Å². The molecule has 18 heavy (non-hydrogen) atoms. The van der Waals surface area contributed by atoms with Gasteiger partial charge in [-0.15, -0.1) is 0 Å².